The molecule has 23 heavy (non-hydrogen) atoms. The third kappa shape index (κ3) is 4.76. The Morgan fingerprint density at radius 3 is 2.74 bits per heavy atom. The Morgan fingerprint density at radius 1 is 1.30 bits per heavy atom. The highest BCUT2D eigenvalue weighted by Gasteiger charge is 2.14. The van der Waals surface area contributed by atoms with Crippen LogP contribution in [0.1, 0.15) is 16.8 Å². The molecule has 1 aromatic carbocycles. The molecule has 7 nitrogen and oxygen atoms in total. The van der Waals surface area contributed by atoms with Gasteiger partial charge in [0, 0.05) is 35.7 Å². The number of nitro groups is 1. The number of nitrogens with one attached hydrogen (secondary N) is 2. The lowest BCUT2D eigenvalue weighted by Crippen LogP contribution is -2.27. The van der Waals surface area contributed by atoms with E-state index in [0.29, 0.717) is 5.56 Å². The van der Waals surface area contributed by atoms with E-state index in [-0.39, 0.29) is 41.2 Å². The van der Waals surface area contributed by atoms with E-state index in [1.165, 1.54) is 29.5 Å². The first-order valence-corrected chi connectivity index (χ1v) is 7.83. The lowest BCUT2D eigenvalue weighted by atomic mass is 10.2. The van der Waals surface area contributed by atoms with Crippen LogP contribution in [0, 0.1) is 10.1 Å². The third-order valence-electron chi connectivity index (χ3n) is 2.85. The first-order chi connectivity index (χ1) is 11.0. The Morgan fingerprint density at radius 2 is 2.09 bits per heavy atom. The van der Waals surface area contributed by atoms with E-state index in [4.69, 9.17) is 11.6 Å². The van der Waals surface area contributed by atoms with E-state index in [9.17, 15) is 19.7 Å². The number of anilines is 1. The van der Waals surface area contributed by atoms with Crippen molar-refractivity contribution in [2.45, 2.75) is 6.42 Å². The quantitative estimate of drug-likeness (QED) is 0.615. The molecular formula is C14H12ClN3O4S. The molecule has 120 valence electrons. The molecule has 0 radical (unpaired) electrons. The first kappa shape index (κ1) is 16.9. The van der Waals surface area contributed by atoms with Gasteiger partial charge < -0.3 is 10.6 Å². The summed E-state index contributed by atoms with van der Waals surface area (Å²) in [5, 5.41) is 19.4. The van der Waals surface area contributed by atoms with Gasteiger partial charge >= 0.3 is 0 Å². The van der Waals surface area contributed by atoms with E-state index in [1.807, 2.05) is 0 Å². The molecule has 2 N–H and O–H groups in total. The molecule has 0 unspecified atom stereocenters. The molecule has 0 spiro atoms. The zero-order chi connectivity index (χ0) is 16.8. The number of rotatable bonds is 6. The molecule has 2 amide bonds. The van der Waals surface area contributed by atoms with Gasteiger partial charge in [0.25, 0.3) is 11.6 Å². The molecule has 0 bridgehead atoms. The number of carbonyl (C=O) groups excluding carboxylic acids is 2. The van der Waals surface area contributed by atoms with Crippen molar-refractivity contribution in [2.24, 2.45) is 0 Å². The second-order valence-electron chi connectivity index (χ2n) is 4.49. The fraction of sp³-hybridized carbons (Fsp3) is 0.143. The van der Waals surface area contributed by atoms with Gasteiger partial charge in [0.2, 0.25) is 5.91 Å². The van der Waals surface area contributed by atoms with E-state index in [1.54, 1.807) is 16.8 Å². The molecule has 2 rings (SSSR count). The van der Waals surface area contributed by atoms with E-state index in [2.05, 4.69) is 10.6 Å². The van der Waals surface area contributed by atoms with Gasteiger partial charge in [0.15, 0.2) is 0 Å². The SMILES string of the molecule is O=C(CCNC(=O)c1ccsc1)Nc1ccc(Cl)c([N+](=O)[O-])c1. The van der Waals surface area contributed by atoms with Crippen molar-refractivity contribution < 1.29 is 14.5 Å². The Hall–Kier alpha value is -2.45. The Bertz CT molecular complexity index is 734. The number of nitro benzene ring substituents is 1. The lowest BCUT2D eigenvalue weighted by Gasteiger charge is -2.06. The second-order valence-corrected chi connectivity index (χ2v) is 5.68. The Balaban J connectivity index is 1.84. The number of hydrogen-bond acceptors (Lipinski definition) is 5. The molecule has 0 fully saturated rings. The summed E-state index contributed by atoms with van der Waals surface area (Å²) >= 11 is 7.10. The number of nitrogens with zero attached hydrogens (tertiary/aromatic N) is 1. The van der Waals surface area contributed by atoms with Gasteiger partial charge in [-0.15, -0.1) is 0 Å². The average molecular weight is 354 g/mol. The van der Waals surface area contributed by atoms with E-state index in [0.717, 1.165) is 0 Å². The summed E-state index contributed by atoms with van der Waals surface area (Å²) in [5.74, 6) is -0.617. The van der Waals surface area contributed by atoms with Gasteiger partial charge in [-0.3, -0.25) is 19.7 Å². The summed E-state index contributed by atoms with van der Waals surface area (Å²) < 4.78 is 0. The molecule has 1 aromatic heterocycles. The van der Waals surface area contributed by atoms with Crippen LogP contribution in [0.2, 0.25) is 5.02 Å². The van der Waals surface area contributed by atoms with Crippen LogP contribution in [0.3, 0.4) is 0 Å². The summed E-state index contributed by atoms with van der Waals surface area (Å²) in [6.07, 6.45) is 0.0479. The zero-order valence-electron chi connectivity index (χ0n) is 11.7. The molecular weight excluding hydrogens is 342 g/mol. The van der Waals surface area contributed by atoms with Gasteiger partial charge in [-0.05, 0) is 23.6 Å². The lowest BCUT2D eigenvalue weighted by molar-refractivity contribution is -0.384. The van der Waals surface area contributed by atoms with Crippen LogP contribution in [0.5, 0.6) is 0 Å². The second kappa shape index (κ2) is 7.70. The maximum atomic E-state index is 11.8. The zero-order valence-corrected chi connectivity index (χ0v) is 13.3. The predicted octanol–water partition coefficient (Wildman–Crippen LogP) is 3.07. The number of benzene rings is 1. The number of hydrogen-bond donors (Lipinski definition) is 2. The summed E-state index contributed by atoms with van der Waals surface area (Å²) in [6.45, 7) is 0.163. The van der Waals surface area contributed by atoms with Crippen molar-refractivity contribution in [1.29, 1.82) is 0 Å². The van der Waals surface area contributed by atoms with E-state index >= 15 is 0 Å². The predicted molar refractivity (Wildman–Crippen MR) is 88.0 cm³/mol. The minimum atomic E-state index is -0.626. The maximum absolute atomic E-state index is 11.8. The third-order valence-corrected chi connectivity index (χ3v) is 3.85. The fourth-order valence-electron chi connectivity index (χ4n) is 1.74. The Labute approximate surface area is 140 Å². The number of amides is 2. The smallest absolute Gasteiger partial charge is 0.289 e. The van der Waals surface area contributed by atoms with Crippen LogP contribution in [-0.2, 0) is 4.79 Å². The monoisotopic (exact) mass is 353 g/mol. The van der Waals surface area contributed by atoms with Crippen molar-refractivity contribution >= 4 is 46.1 Å². The largest absolute Gasteiger partial charge is 0.351 e. The van der Waals surface area contributed by atoms with Gasteiger partial charge in [-0.25, -0.2) is 0 Å². The highest BCUT2D eigenvalue weighted by Crippen LogP contribution is 2.27. The van der Waals surface area contributed by atoms with Crippen LogP contribution in [0.15, 0.2) is 35.0 Å². The van der Waals surface area contributed by atoms with E-state index < -0.39 is 4.92 Å². The highest BCUT2D eigenvalue weighted by atomic mass is 35.5. The molecule has 0 aliphatic carbocycles. The standard InChI is InChI=1S/C14H12ClN3O4S/c15-11-2-1-10(7-12(11)18(21)22)17-13(19)3-5-16-14(20)9-4-6-23-8-9/h1-2,4,6-8H,3,5H2,(H,16,20)(H,17,19). The normalized spacial score (nSPS) is 10.1. The minimum absolute atomic E-state index is 0.00368. The van der Waals surface area contributed by atoms with Gasteiger partial charge in [-0.2, -0.15) is 11.3 Å². The summed E-state index contributed by atoms with van der Waals surface area (Å²) in [7, 11) is 0. The molecule has 0 saturated heterocycles. The molecule has 2 aromatic rings. The molecule has 0 saturated carbocycles. The van der Waals surface area contributed by atoms with Crippen molar-refractivity contribution in [3.63, 3.8) is 0 Å². The number of carbonyl (C=O) groups is 2. The topological polar surface area (TPSA) is 101 Å². The molecule has 0 aliphatic rings. The number of thiophene rings is 1. The van der Waals surface area contributed by atoms with Crippen molar-refractivity contribution in [1.82, 2.24) is 5.32 Å². The van der Waals surface area contributed by atoms with Crippen LogP contribution in [0.4, 0.5) is 11.4 Å². The van der Waals surface area contributed by atoms with Crippen molar-refractivity contribution in [3.05, 3.63) is 55.7 Å². The Kier molecular flexibility index (Phi) is 5.67. The van der Waals surface area contributed by atoms with Crippen molar-refractivity contribution in [3.8, 4) is 0 Å². The summed E-state index contributed by atoms with van der Waals surface area (Å²) in [5.41, 5.74) is 0.536. The van der Waals surface area contributed by atoms with Crippen LogP contribution in [0.25, 0.3) is 0 Å². The molecule has 0 aliphatic heterocycles. The number of halogens is 1. The molecule has 1 heterocycles. The fourth-order valence-corrected chi connectivity index (χ4v) is 2.56. The van der Waals surface area contributed by atoms with Crippen LogP contribution >= 0.6 is 22.9 Å². The van der Waals surface area contributed by atoms with Crippen LogP contribution in [-0.4, -0.2) is 23.3 Å². The van der Waals surface area contributed by atoms with Crippen molar-refractivity contribution in [2.75, 3.05) is 11.9 Å². The van der Waals surface area contributed by atoms with Gasteiger partial charge in [0.05, 0.1) is 4.92 Å². The molecule has 9 heteroatoms. The summed E-state index contributed by atoms with van der Waals surface area (Å²) in [4.78, 5) is 33.6. The van der Waals surface area contributed by atoms with Crippen LogP contribution < -0.4 is 10.6 Å². The highest BCUT2D eigenvalue weighted by molar-refractivity contribution is 7.08. The first-order valence-electron chi connectivity index (χ1n) is 6.51. The maximum Gasteiger partial charge on any atom is 0.289 e. The molecule has 0 atom stereocenters. The minimum Gasteiger partial charge on any atom is -0.351 e. The summed E-state index contributed by atoms with van der Waals surface area (Å²) in [6, 6.07) is 5.68. The van der Waals surface area contributed by atoms with Gasteiger partial charge in [0.1, 0.15) is 5.02 Å². The van der Waals surface area contributed by atoms with Gasteiger partial charge in [-0.1, -0.05) is 11.6 Å². The average Bonchev–Trinajstić information content (AvgIpc) is 3.03.